The van der Waals surface area contributed by atoms with E-state index in [9.17, 15) is 9.59 Å². The highest BCUT2D eigenvalue weighted by molar-refractivity contribution is 7.99. The second-order valence-corrected chi connectivity index (χ2v) is 7.88. The fourth-order valence-corrected chi connectivity index (χ4v) is 3.41. The van der Waals surface area contributed by atoms with Gasteiger partial charge in [-0.15, -0.1) is 10.2 Å². The summed E-state index contributed by atoms with van der Waals surface area (Å²) in [6, 6.07) is 13.7. The lowest BCUT2D eigenvalue weighted by Gasteiger charge is -2.10. The molecular formula is C20H20ClN5O3S. The molecular weight excluding hydrogens is 426 g/mol. The zero-order valence-electron chi connectivity index (χ0n) is 16.3. The Morgan fingerprint density at radius 3 is 2.70 bits per heavy atom. The van der Waals surface area contributed by atoms with E-state index >= 15 is 0 Å². The Kier molecular flexibility index (Phi) is 6.96. The van der Waals surface area contributed by atoms with Crippen LogP contribution in [0.15, 0.2) is 53.7 Å². The number of anilines is 1. The van der Waals surface area contributed by atoms with Crippen molar-refractivity contribution in [3.63, 3.8) is 0 Å². The largest absolute Gasteiger partial charge is 0.459 e. The number of rotatable bonds is 7. The van der Waals surface area contributed by atoms with E-state index in [1.165, 1.54) is 4.68 Å². The molecule has 0 radical (unpaired) electrons. The van der Waals surface area contributed by atoms with Gasteiger partial charge in [0.05, 0.1) is 22.4 Å². The first kappa shape index (κ1) is 21.7. The van der Waals surface area contributed by atoms with Crippen molar-refractivity contribution in [2.75, 3.05) is 16.9 Å². The van der Waals surface area contributed by atoms with Gasteiger partial charge in [-0.3, -0.25) is 4.79 Å². The Hall–Kier alpha value is -3.04. The van der Waals surface area contributed by atoms with Crippen molar-refractivity contribution >= 4 is 40.9 Å². The molecule has 30 heavy (non-hydrogen) atoms. The summed E-state index contributed by atoms with van der Waals surface area (Å²) in [6.45, 7) is 3.54. The van der Waals surface area contributed by atoms with Crippen molar-refractivity contribution in [1.29, 1.82) is 0 Å². The van der Waals surface area contributed by atoms with Crippen molar-refractivity contribution in [2.24, 2.45) is 0 Å². The summed E-state index contributed by atoms with van der Waals surface area (Å²) < 4.78 is 6.46. The molecule has 0 unspecified atom stereocenters. The summed E-state index contributed by atoms with van der Waals surface area (Å²) in [6.07, 6.45) is -0.226. The Morgan fingerprint density at radius 1 is 1.20 bits per heavy atom. The molecule has 0 bridgehead atoms. The van der Waals surface area contributed by atoms with Crippen molar-refractivity contribution in [2.45, 2.75) is 25.1 Å². The molecule has 10 heteroatoms. The Balaban J connectivity index is 1.62. The number of halogens is 1. The molecule has 0 fully saturated rings. The number of hydrogen-bond donors (Lipinski definition) is 2. The van der Waals surface area contributed by atoms with Crippen LogP contribution in [0.4, 0.5) is 5.69 Å². The fraction of sp³-hybridized carbons (Fsp3) is 0.200. The Morgan fingerprint density at radius 2 is 1.97 bits per heavy atom. The summed E-state index contributed by atoms with van der Waals surface area (Å²) in [5.74, 6) is 5.80. The van der Waals surface area contributed by atoms with Crippen LogP contribution in [0, 0.1) is 0 Å². The molecule has 0 atom stereocenters. The van der Waals surface area contributed by atoms with Gasteiger partial charge in [-0.25, -0.2) is 9.47 Å². The molecule has 1 aromatic heterocycles. The smallest absolute Gasteiger partial charge is 0.338 e. The molecule has 0 saturated heterocycles. The third-order valence-electron chi connectivity index (χ3n) is 3.84. The van der Waals surface area contributed by atoms with Crippen LogP contribution in [0.3, 0.4) is 0 Å². The van der Waals surface area contributed by atoms with Gasteiger partial charge in [0.25, 0.3) is 0 Å². The zero-order valence-corrected chi connectivity index (χ0v) is 17.9. The molecule has 3 rings (SSSR count). The molecule has 3 N–H and O–H groups in total. The van der Waals surface area contributed by atoms with Crippen LogP contribution >= 0.6 is 23.4 Å². The van der Waals surface area contributed by atoms with E-state index in [2.05, 4.69) is 15.5 Å². The summed E-state index contributed by atoms with van der Waals surface area (Å²) in [4.78, 5) is 24.3. The maximum atomic E-state index is 12.3. The second-order valence-electron chi connectivity index (χ2n) is 6.53. The topological polar surface area (TPSA) is 112 Å². The number of aromatic nitrogens is 3. The number of nitrogens with zero attached hydrogens (tertiary/aromatic N) is 3. The number of nitrogens with two attached hydrogens (primary N) is 1. The van der Waals surface area contributed by atoms with E-state index in [-0.39, 0.29) is 17.8 Å². The molecule has 1 amide bonds. The monoisotopic (exact) mass is 445 g/mol. The van der Waals surface area contributed by atoms with Gasteiger partial charge >= 0.3 is 5.97 Å². The van der Waals surface area contributed by atoms with Crippen LogP contribution in [-0.2, 0) is 9.53 Å². The average molecular weight is 446 g/mol. The van der Waals surface area contributed by atoms with Crippen LogP contribution in [0.1, 0.15) is 24.2 Å². The first-order chi connectivity index (χ1) is 14.3. The van der Waals surface area contributed by atoms with Gasteiger partial charge in [-0.05, 0) is 44.2 Å². The van der Waals surface area contributed by atoms with Gasteiger partial charge in [0.15, 0.2) is 5.82 Å². The summed E-state index contributed by atoms with van der Waals surface area (Å²) in [5.41, 5.74) is 1.50. The number of nitrogen functional groups attached to an aromatic ring is 1. The second kappa shape index (κ2) is 9.64. The first-order valence-electron chi connectivity index (χ1n) is 9.04. The van der Waals surface area contributed by atoms with Gasteiger partial charge in [-0.1, -0.05) is 41.6 Å². The lowest BCUT2D eigenvalue weighted by Crippen LogP contribution is -2.17. The number of carbonyl (C=O) groups is 2. The van der Waals surface area contributed by atoms with Gasteiger partial charge in [0, 0.05) is 11.3 Å². The maximum absolute atomic E-state index is 12.3. The van der Waals surface area contributed by atoms with Crippen LogP contribution < -0.4 is 11.2 Å². The first-order valence-corrected chi connectivity index (χ1v) is 10.4. The van der Waals surface area contributed by atoms with E-state index in [0.717, 1.165) is 11.8 Å². The summed E-state index contributed by atoms with van der Waals surface area (Å²) in [5, 5.41) is 11.7. The van der Waals surface area contributed by atoms with Gasteiger partial charge in [0.2, 0.25) is 11.1 Å². The van der Waals surface area contributed by atoms with Crippen molar-refractivity contribution in [3.05, 3.63) is 59.1 Å². The number of esters is 1. The van der Waals surface area contributed by atoms with Crippen LogP contribution in [-0.4, -0.2) is 38.6 Å². The number of thioether (sulfide) groups is 1. The number of ether oxygens (including phenoxy) is 1. The molecule has 0 aliphatic carbocycles. The van der Waals surface area contributed by atoms with Gasteiger partial charge in [0.1, 0.15) is 0 Å². The minimum atomic E-state index is -0.446. The molecule has 3 aromatic rings. The Bertz CT molecular complexity index is 1070. The maximum Gasteiger partial charge on any atom is 0.338 e. The predicted octanol–water partition coefficient (Wildman–Crippen LogP) is 3.61. The van der Waals surface area contributed by atoms with Crippen LogP contribution in [0.25, 0.3) is 11.4 Å². The van der Waals surface area contributed by atoms with Crippen LogP contribution in [0.2, 0.25) is 5.02 Å². The number of hydrogen-bond acceptors (Lipinski definition) is 7. The van der Waals surface area contributed by atoms with E-state index < -0.39 is 5.97 Å². The van der Waals surface area contributed by atoms with Crippen molar-refractivity contribution < 1.29 is 14.3 Å². The van der Waals surface area contributed by atoms with Gasteiger partial charge < -0.3 is 15.9 Å². The highest BCUT2D eigenvalue weighted by atomic mass is 35.5. The lowest BCUT2D eigenvalue weighted by atomic mass is 10.2. The Labute approximate surface area is 182 Å². The lowest BCUT2D eigenvalue weighted by molar-refractivity contribution is -0.113. The molecule has 156 valence electrons. The highest BCUT2D eigenvalue weighted by Crippen LogP contribution is 2.27. The molecule has 0 saturated carbocycles. The van der Waals surface area contributed by atoms with Gasteiger partial charge in [-0.2, -0.15) is 0 Å². The zero-order chi connectivity index (χ0) is 21.7. The number of nitrogens with one attached hydrogen (secondary N) is 1. The average Bonchev–Trinajstić information content (AvgIpc) is 3.07. The minimum Gasteiger partial charge on any atom is -0.459 e. The SMILES string of the molecule is CC(C)OC(=O)c1cccc(NC(=O)CSc2nnc(-c3ccccc3Cl)n2N)c1. The van der Waals surface area contributed by atoms with Crippen molar-refractivity contribution in [1.82, 2.24) is 14.9 Å². The molecule has 2 aromatic carbocycles. The molecule has 0 aliphatic heterocycles. The number of benzene rings is 2. The van der Waals surface area contributed by atoms with Crippen molar-refractivity contribution in [3.8, 4) is 11.4 Å². The third-order valence-corrected chi connectivity index (χ3v) is 5.11. The standard InChI is InChI=1S/C20H20ClN5O3S/c1-12(2)29-19(28)13-6-5-7-14(10-13)23-17(27)11-30-20-25-24-18(26(20)22)15-8-3-4-9-16(15)21/h3-10,12H,11,22H2,1-2H3,(H,23,27). The van der Waals surface area contributed by atoms with E-state index in [0.29, 0.717) is 32.8 Å². The molecule has 0 aliphatic rings. The quantitative estimate of drug-likeness (QED) is 0.324. The molecule has 1 heterocycles. The normalized spacial score (nSPS) is 10.8. The third kappa shape index (κ3) is 5.31. The number of carbonyl (C=O) groups excluding carboxylic acids is 2. The van der Waals surface area contributed by atoms with E-state index in [1.807, 2.05) is 6.07 Å². The van der Waals surface area contributed by atoms with Crippen LogP contribution in [0.5, 0.6) is 0 Å². The molecule has 0 spiro atoms. The number of amides is 1. The fourth-order valence-electron chi connectivity index (χ4n) is 2.53. The van der Waals surface area contributed by atoms with E-state index in [1.54, 1.807) is 56.3 Å². The highest BCUT2D eigenvalue weighted by Gasteiger charge is 2.16. The summed E-state index contributed by atoms with van der Waals surface area (Å²) in [7, 11) is 0. The minimum absolute atomic E-state index is 0.0541. The predicted molar refractivity (Wildman–Crippen MR) is 117 cm³/mol. The summed E-state index contributed by atoms with van der Waals surface area (Å²) >= 11 is 7.31. The van der Waals surface area contributed by atoms with E-state index in [4.69, 9.17) is 22.2 Å². The molecule has 8 nitrogen and oxygen atoms in total.